The largest absolute Gasteiger partial charge is 0.481 e. The van der Waals surface area contributed by atoms with E-state index in [2.05, 4.69) is 0 Å². The molecule has 0 aromatic heterocycles. The average molecular weight is 279 g/mol. The Kier molecular flexibility index (Phi) is 5.55. The molecule has 1 unspecified atom stereocenters. The summed E-state index contributed by atoms with van der Waals surface area (Å²) < 4.78 is 0. The van der Waals surface area contributed by atoms with Crippen LogP contribution in [0.1, 0.15) is 24.5 Å². The number of hydrogen-bond donors (Lipinski definition) is 2. The maximum absolute atomic E-state index is 11.0. The van der Waals surface area contributed by atoms with Gasteiger partial charge in [0.05, 0.1) is 12.3 Å². The van der Waals surface area contributed by atoms with Crippen LogP contribution in [0, 0.1) is 19.8 Å². The highest BCUT2D eigenvalue weighted by Crippen LogP contribution is 2.20. The molecule has 0 bridgehead atoms. The van der Waals surface area contributed by atoms with Gasteiger partial charge in [0, 0.05) is 18.8 Å². The average Bonchev–Trinajstić information content (AvgIpc) is 2.32. The van der Waals surface area contributed by atoms with Crippen LogP contribution in [-0.2, 0) is 9.59 Å². The molecule has 1 aromatic rings. The number of benzene rings is 1. The number of carbonyl (C=O) groups is 2. The van der Waals surface area contributed by atoms with E-state index in [1.807, 2.05) is 36.9 Å². The van der Waals surface area contributed by atoms with Gasteiger partial charge in [0.25, 0.3) is 0 Å². The van der Waals surface area contributed by atoms with Crippen molar-refractivity contribution in [2.75, 3.05) is 18.0 Å². The number of aryl methyl sites for hydroxylation is 2. The van der Waals surface area contributed by atoms with Crippen LogP contribution in [0.15, 0.2) is 18.2 Å². The third-order valence-corrected chi connectivity index (χ3v) is 3.08. The molecule has 1 atom stereocenters. The number of carboxylic acids is 2. The van der Waals surface area contributed by atoms with Gasteiger partial charge in [-0.2, -0.15) is 0 Å². The predicted molar refractivity (Wildman–Crippen MR) is 77.2 cm³/mol. The summed E-state index contributed by atoms with van der Waals surface area (Å²) in [6.07, 6.45) is -0.0146. The summed E-state index contributed by atoms with van der Waals surface area (Å²) in [4.78, 5) is 23.6. The maximum atomic E-state index is 11.0. The van der Waals surface area contributed by atoms with Gasteiger partial charge in [0.15, 0.2) is 0 Å². The molecule has 20 heavy (non-hydrogen) atoms. The lowest BCUT2D eigenvalue weighted by atomic mass is 10.1. The van der Waals surface area contributed by atoms with Crippen LogP contribution in [0.5, 0.6) is 0 Å². The van der Waals surface area contributed by atoms with Gasteiger partial charge < -0.3 is 15.1 Å². The van der Waals surface area contributed by atoms with Crippen LogP contribution in [0.25, 0.3) is 0 Å². The first-order valence-electron chi connectivity index (χ1n) is 6.57. The second kappa shape index (κ2) is 6.93. The van der Waals surface area contributed by atoms with Crippen LogP contribution < -0.4 is 4.90 Å². The van der Waals surface area contributed by atoms with Crippen molar-refractivity contribution in [1.82, 2.24) is 0 Å². The Labute approximate surface area is 118 Å². The van der Waals surface area contributed by atoms with Gasteiger partial charge >= 0.3 is 11.9 Å². The monoisotopic (exact) mass is 279 g/mol. The van der Waals surface area contributed by atoms with Gasteiger partial charge in [-0.15, -0.1) is 0 Å². The maximum Gasteiger partial charge on any atom is 0.308 e. The molecule has 110 valence electrons. The molecule has 2 N–H and O–H groups in total. The lowest BCUT2D eigenvalue weighted by Gasteiger charge is -2.26. The van der Waals surface area contributed by atoms with E-state index in [1.54, 1.807) is 6.92 Å². The van der Waals surface area contributed by atoms with E-state index in [-0.39, 0.29) is 6.42 Å². The molecule has 0 spiro atoms. The Morgan fingerprint density at radius 1 is 1.15 bits per heavy atom. The van der Waals surface area contributed by atoms with E-state index in [9.17, 15) is 9.59 Å². The third kappa shape index (κ3) is 4.91. The van der Waals surface area contributed by atoms with E-state index in [4.69, 9.17) is 10.2 Å². The summed E-state index contributed by atoms with van der Waals surface area (Å²) in [5.41, 5.74) is 3.02. The predicted octanol–water partition coefficient (Wildman–Crippen LogP) is 2.31. The lowest BCUT2D eigenvalue weighted by Crippen LogP contribution is -2.33. The molecule has 0 heterocycles. The van der Waals surface area contributed by atoms with E-state index < -0.39 is 17.9 Å². The molecule has 0 aliphatic heterocycles. The van der Waals surface area contributed by atoms with Crippen molar-refractivity contribution in [3.63, 3.8) is 0 Å². The first-order valence-corrected chi connectivity index (χ1v) is 6.57. The highest BCUT2D eigenvalue weighted by molar-refractivity contribution is 5.71. The second-order valence-electron chi connectivity index (χ2n) is 5.17. The zero-order valence-corrected chi connectivity index (χ0v) is 12.1. The molecule has 0 saturated carbocycles. The quantitative estimate of drug-likeness (QED) is 0.800. The normalized spacial score (nSPS) is 11.9. The molecule has 0 amide bonds. The number of nitrogens with zero attached hydrogens (tertiary/aromatic N) is 1. The van der Waals surface area contributed by atoms with Gasteiger partial charge in [0.1, 0.15) is 0 Å². The third-order valence-electron chi connectivity index (χ3n) is 3.08. The minimum absolute atomic E-state index is 0.0146. The van der Waals surface area contributed by atoms with Crippen molar-refractivity contribution in [2.24, 2.45) is 5.92 Å². The first kappa shape index (κ1) is 16.0. The van der Waals surface area contributed by atoms with Crippen molar-refractivity contribution in [2.45, 2.75) is 27.2 Å². The van der Waals surface area contributed by atoms with E-state index in [0.29, 0.717) is 13.1 Å². The van der Waals surface area contributed by atoms with Crippen LogP contribution in [0.3, 0.4) is 0 Å². The molecule has 0 saturated heterocycles. The number of anilines is 1. The van der Waals surface area contributed by atoms with Gasteiger partial charge in [-0.1, -0.05) is 13.0 Å². The molecule has 1 aromatic carbocycles. The molecule has 1 rings (SSSR count). The Balaban J connectivity index is 2.95. The van der Waals surface area contributed by atoms with E-state index >= 15 is 0 Å². The summed E-state index contributed by atoms with van der Waals surface area (Å²) in [7, 11) is 0. The van der Waals surface area contributed by atoms with Crippen molar-refractivity contribution >= 4 is 17.6 Å². The minimum atomic E-state index is -0.887. The highest BCUT2D eigenvalue weighted by Gasteiger charge is 2.17. The lowest BCUT2D eigenvalue weighted by molar-refractivity contribution is -0.140. The zero-order chi connectivity index (χ0) is 15.3. The fraction of sp³-hybridized carbons (Fsp3) is 0.467. The zero-order valence-electron chi connectivity index (χ0n) is 12.1. The molecule has 0 fully saturated rings. The molecule has 0 aliphatic rings. The van der Waals surface area contributed by atoms with Crippen molar-refractivity contribution in [1.29, 1.82) is 0 Å². The number of rotatable bonds is 7. The van der Waals surface area contributed by atoms with E-state index in [0.717, 1.165) is 16.8 Å². The fourth-order valence-corrected chi connectivity index (χ4v) is 2.10. The van der Waals surface area contributed by atoms with Crippen molar-refractivity contribution in [3.05, 3.63) is 29.3 Å². The topological polar surface area (TPSA) is 77.8 Å². The summed E-state index contributed by atoms with van der Waals surface area (Å²) >= 11 is 0. The van der Waals surface area contributed by atoms with Crippen LogP contribution in [-0.4, -0.2) is 35.2 Å². The molecule has 5 nitrogen and oxygen atoms in total. The number of carboxylic acid groups (broad SMARTS) is 2. The summed E-state index contributed by atoms with van der Waals surface area (Å²) in [6, 6.07) is 5.92. The van der Waals surface area contributed by atoms with Gasteiger partial charge in [-0.05, 0) is 37.1 Å². The van der Waals surface area contributed by atoms with Crippen molar-refractivity contribution in [3.8, 4) is 0 Å². The first-order chi connectivity index (χ1) is 9.29. The Bertz CT molecular complexity index is 478. The van der Waals surface area contributed by atoms with E-state index in [1.165, 1.54) is 0 Å². The summed E-state index contributed by atoms with van der Waals surface area (Å²) in [6.45, 7) is 6.15. The van der Waals surface area contributed by atoms with Crippen LogP contribution in [0.2, 0.25) is 0 Å². The van der Waals surface area contributed by atoms with Gasteiger partial charge in [-0.3, -0.25) is 9.59 Å². The fourth-order valence-electron chi connectivity index (χ4n) is 2.10. The molecular formula is C15H21NO4. The molecular weight excluding hydrogens is 258 g/mol. The second-order valence-corrected chi connectivity index (χ2v) is 5.17. The van der Waals surface area contributed by atoms with Crippen molar-refractivity contribution < 1.29 is 19.8 Å². The molecule has 0 radical (unpaired) electrons. The summed E-state index contributed by atoms with van der Waals surface area (Å²) in [5.74, 6) is -2.32. The number of hydrogen-bond acceptors (Lipinski definition) is 3. The van der Waals surface area contributed by atoms with Gasteiger partial charge in [-0.25, -0.2) is 0 Å². The standard InChI is InChI=1S/C15H21NO4/c1-10-6-11(2)8-13(7-10)16(5-4-14(17)18)9-12(3)15(19)20/h6-8,12H,4-5,9H2,1-3H3,(H,17,18)(H,19,20). The highest BCUT2D eigenvalue weighted by atomic mass is 16.4. The Morgan fingerprint density at radius 3 is 2.15 bits per heavy atom. The van der Waals surface area contributed by atoms with Crippen LogP contribution >= 0.6 is 0 Å². The molecule has 0 aliphatic carbocycles. The minimum Gasteiger partial charge on any atom is -0.481 e. The molecule has 5 heteroatoms. The van der Waals surface area contributed by atoms with Gasteiger partial charge in [0.2, 0.25) is 0 Å². The Hall–Kier alpha value is -2.04. The summed E-state index contributed by atoms with van der Waals surface area (Å²) in [5, 5.41) is 17.8. The number of aliphatic carboxylic acids is 2. The smallest absolute Gasteiger partial charge is 0.308 e. The Morgan fingerprint density at radius 2 is 1.70 bits per heavy atom. The SMILES string of the molecule is Cc1cc(C)cc(N(CCC(=O)O)CC(C)C(=O)O)c1. The van der Waals surface area contributed by atoms with Crippen LogP contribution in [0.4, 0.5) is 5.69 Å².